The van der Waals surface area contributed by atoms with Crippen molar-refractivity contribution in [3.05, 3.63) is 22.8 Å². The van der Waals surface area contributed by atoms with E-state index in [4.69, 9.17) is 10.8 Å². The summed E-state index contributed by atoms with van der Waals surface area (Å²) >= 11 is 0. The Morgan fingerprint density at radius 3 is 2.76 bits per heavy atom. The highest BCUT2D eigenvalue weighted by Crippen LogP contribution is 1.99. The van der Waals surface area contributed by atoms with Crippen LogP contribution in [0.15, 0.2) is 17.6 Å². The fraction of sp³-hybridized carbons (Fsp3) is 0.500. The Hall–Kier alpha value is -2.85. The number of carboxylic acids is 1. The monoisotopic (exact) mass is 303 g/mol. The van der Waals surface area contributed by atoms with Gasteiger partial charge < -0.3 is 20.9 Å². The fourth-order valence-corrected chi connectivity index (χ4v) is 1.20. The molecule has 0 fully saturated rings. The molecule has 0 saturated heterocycles. The molecule has 0 spiro atoms. The van der Waals surface area contributed by atoms with Crippen LogP contribution < -0.4 is 16.5 Å². The number of nitro groups is 1. The Balaban J connectivity index is 4.16. The zero-order valence-electron chi connectivity index (χ0n) is 11.2. The van der Waals surface area contributed by atoms with Crippen LogP contribution in [0.3, 0.4) is 0 Å². The number of carboxylic acid groups (broad SMARTS) is 1. The van der Waals surface area contributed by atoms with Gasteiger partial charge in [0, 0.05) is 6.54 Å². The van der Waals surface area contributed by atoms with Crippen LogP contribution in [0.25, 0.3) is 0 Å². The van der Waals surface area contributed by atoms with Crippen LogP contribution in [-0.2, 0) is 9.53 Å². The number of aliphatic carboxylic acids is 1. The molecule has 0 aliphatic heterocycles. The van der Waals surface area contributed by atoms with Crippen molar-refractivity contribution in [3.63, 3.8) is 0 Å². The topological polar surface area (TPSA) is 169 Å². The first-order valence-corrected chi connectivity index (χ1v) is 5.84. The molecule has 118 valence electrons. The molecule has 0 bridgehead atoms. The van der Waals surface area contributed by atoms with E-state index in [0.717, 1.165) is 0 Å². The number of alkyl carbamates (subject to hydrolysis) is 1. The summed E-state index contributed by atoms with van der Waals surface area (Å²) in [7, 11) is 0. The number of nitrogens with two attached hydrogens (primary N) is 1. The van der Waals surface area contributed by atoms with E-state index in [-0.39, 0.29) is 32.0 Å². The first kappa shape index (κ1) is 18.1. The molecule has 0 radical (unpaired) electrons. The summed E-state index contributed by atoms with van der Waals surface area (Å²) in [5.74, 6) is -1.61. The summed E-state index contributed by atoms with van der Waals surface area (Å²) < 4.78 is 4.60. The highest BCUT2D eigenvalue weighted by atomic mass is 16.7. The molecule has 11 heteroatoms. The summed E-state index contributed by atoms with van der Waals surface area (Å²) in [6.07, 6.45) is 0.780. The smallest absolute Gasteiger partial charge is 0.408 e. The molecule has 0 aliphatic rings. The number of rotatable bonds is 9. The Labute approximate surface area is 120 Å². The number of carbonyl (C=O) groups is 2. The van der Waals surface area contributed by atoms with Crippen LogP contribution in [0.5, 0.6) is 0 Å². The van der Waals surface area contributed by atoms with E-state index in [1.165, 1.54) is 6.08 Å². The van der Waals surface area contributed by atoms with Gasteiger partial charge in [0.1, 0.15) is 12.6 Å². The number of amides is 1. The third-order valence-corrected chi connectivity index (χ3v) is 2.06. The van der Waals surface area contributed by atoms with Crippen LogP contribution in [0, 0.1) is 10.1 Å². The molecule has 21 heavy (non-hydrogen) atoms. The number of nitrogens with one attached hydrogen (secondary N) is 2. The zero-order chi connectivity index (χ0) is 16.3. The Morgan fingerprint density at radius 1 is 1.57 bits per heavy atom. The molecule has 0 rings (SSSR count). The molecule has 0 aromatic carbocycles. The summed E-state index contributed by atoms with van der Waals surface area (Å²) in [6, 6.07) is -1.15. The molecule has 1 amide bonds. The second kappa shape index (κ2) is 10.00. The Bertz CT molecular complexity index is 424. The van der Waals surface area contributed by atoms with E-state index >= 15 is 0 Å². The molecule has 5 N–H and O–H groups in total. The van der Waals surface area contributed by atoms with Gasteiger partial charge in [-0.1, -0.05) is 18.1 Å². The summed E-state index contributed by atoms with van der Waals surface area (Å²) in [6.45, 7) is 3.38. The van der Waals surface area contributed by atoms with Crippen molar-refractivity contribution in [3.8, 4) is 0 Å². The maximum absolute atomic E-state index is 11.2. The lowest BCUT2D eigenvalue weighted by Crippen LogP contribution is -2.41. The van der Waals surface area contributed by atoms with E-state index in [1.54, 1.807) is 5.43 Å². The molecule has 0 saturated carbocycles. The van der Waals surface area contributed by atoms with Gasteiger partial charge in [-0.3, -0.25) is 0 Å². The van der Waals surface area contributed by atoms with E-state index in [1.807, 2.05) is 0 Å². The fourth-order valence-electron chi connectivity index (χ4n) is 1.20. The van der Waals surface area contributed by atoms with E-state index in [2.05, 4.69) is 21.6 Å². The van der Waals surface area contributed by atoms with E-state index < -0.39 is 23.1 Å². The summed E-state index contributed by atoms with van der Waals surface area (Å²) in [5.41, 5.74) is 6.81. The Kier molecular flexibility index (Phi) is 8.64. The molecule has 1 atom stereocenters. The number of guanidine groups is 1. The van der Waals surface area contributed by atoms with Crippen LogP contribution in [0.4, 0.5) is 4.79 Å². The van der Waals surface area contributed by atoms with Crippen molar-refractivity contribution in [1.29, 1.82) is 0 Å². The number of aliphatic imine (C=N–C) groups is 1. The standard InChI is InChI=1S/C10H17N5O6/c1-2-6-21-10(18)13-7(8(16)17)4-3-5-12-9(11)14-15(19)20/h2,7H,1,3-6H2,(H,13,18)(H,16,17)(H3,11,12,14)/t7-/m1/s1. The number of hydrogen-bond donors (Lipinski definition) is 4. The van der Waals surface area contributed by atoms with E-state index in [0.29, 0.717) is 0 Å². The SMILES string of the molecule is C=CCOC(=O)N[C@H](CCCN=C(N)N[N+](=O)[O-])C(=O)O. The first-order chi connectivity index (χ1) is 9.86. The van der Waals surface area contributed by atoms with Crippen molar-refractivity contribution in [1.82, 2.24) is 10.7 Å². The zero-order valence-corrected chi connectivity index (χ0v) is 11.2. The van der Waals surface area contributed by atoms with Crippen LogP contribution in [0.2, 0.25) is 0 Å². The third kappa shape index (κ3) is 9.69. The Morgan fingerprint density at radius 2 is 2.24 bits per heavy atom. The van der Waals surface area contributed by atoms with Gasteiger partial charge in [-0.05, 0) is 12.8 Å². The van der Waals surface area contributed by atoms with Crippen molar-refractivity contribution >= 4 is 18.0 Å². The lowest BCUT2D eigenvalue weighted by Gasteiger charge is -2.13. The second-order valence-electron chi connectivity index (χ2n) is 3.70. The lowest BCUT2D eigenvalue weighted by atomic mass is 10.1. The minimum Gasteiger partial charge on any atom is -0.480 e. The maximum Gasteiger partial charge on any atom is 0.408 e. The minimum atomic E-state index is -1.23. The minimum absolute atomic E-state index is 0.0362. The molecule has 0 aliphatic carbocycles. The second-order valence-corrected chi connectivity index (χ2v) is 3.70. The molecular formula is C10H17N5O6. The number of hydrazine groups is 1. The van der Waals surface area contributed by atoms with Crippen molar-refractivity contribution < 1.29 is 24.5 Å². The quantitative estimate of drug-likeness (QED) is 0.107. The third-order valence-electron chi connectivity index (χ3n) is 2.06. The number of hydrogen-bond acceptors (Lipinski definition) is 6. The van der Waals surface area contributed by atoms with Crippen molar-refractivity contribution in [2.24, 2.45) is 10.7 Å². The van der Waals surface area contributed by atoms with Gasteiger partial charge in [0.25, 0.3) is 5.96 Å². The predicted octanol–water partition coefficient (Wildman–Crippen LogP) is -0.772. The van der Waals surface area contributed by atoms with Crippen LogP contribution >= 0.6 is 0 Å². The summed E-state index contributed by atoms with van der Waals surface area (Å²) in [5, 5.41) is 20.3. The molecule has 0 heterocycles. The molecule has 0 unspecified atom stereocenters. The average molecular weight is 303 g/mol. The van der Waals surface area contributed by atoms with Crippen molar-refractivity contribution in [2.75, 3.05) is 13.2 Å². The highest BCUT2D eigenvalue weighted by molar-refractivity contribution is 5.79. The number of carbonyl (C=O) groups excluding carboxylic acids is 1. The van der Waals surface area contributed by atoms with Gasteiger partial charge in [0.2, 0.25) is 0 Å². The van der Waals surface area contributed by atoms with Gasteiger partial charge in [-0.15, -0.1) is 0 Å². The van der Waals surface area contributed by atoms with E-state index in [9.17, 15) is 19.7 Å². The molecule has 0 aromatic heterocycles. The van der Waals surface area contributed by atoms with Crippen LogP contribution in [-0.4, -0.2) is 47.4 Å². The maximum atomic E-state index is 11.2. The molecular weight excluding hydrogens is 286 g/mol. The largest absolute Gasteiger partial charge is 0.480 e. The normalized spacial score (nSPS) is 12.1. The summed E-state index contributed by atoms with van der Waals surface area (Å²) in [4.78, 5) is 35.8. The average Bonchev–Trinajstić information content (AvgIpc) is 2.38. The lowest BCUT2D eigenvalue weighted by molar-refractivity contribution is -0.525. The van der Waals surface area contributed by atoms with Gasteiger partial charge in [0.05, 0.1) is 0 Å². The van der Waals surface area contributed by atoms with Gasteiger partial charge in [-0.2, -0.15) is 0 Å². The predicted molar refractivity (Wildman–Crippen MR) is 72.0 cm³/mol. The van der Waals surface area contributed by atoms with Gasteiger partial charge >= 0.3 is 12.1 Å². The highest BCUT2D eigenvalue weighted by Gasteiger charge is 2.19. The van der Waals surface area contributed by atoms with Crippen LogP contribution in [0.1, 0.15) is 12.8 Å². The van der Waals surface area contributed by atoms with Gasteiger partial charge in [0.15, 0.2) is 5.03 Å². The first-order valence-electron chi connectivity index (χ1n) is 5.84. The molecule has 0 aromatic rings. The van der Waals surface area contributed by atoms with Crippen molar-refractivity contribution in [2.45, 2.75) is 18.9 Å². The number of nitrogens with zero attached hydrogens (tertiary/aromatic N) is 2. The van der Waals surface area contributed by atoms with Gasteiger partial charge in [-0.25, -0.2) is 24.7 Å². The molecule has 11 nitrogen and oxygen atoms in total. The number of ether oxygens (including phenoxy) is 1.